The molecule has 0 bridgehead atoms. The number of methoxy groups -OCH3 is 2. The lowest BCUT2D eigenvalue weighted by Gasteiger charge is -2.14. The smallest absolute Gasteiger partial charge is 0.229 e. The maximum absolute atomic E-state index is 5.46. The highest BCUT2D eigenvalue weighted by molar-refractivity contribution is 5.93. The first-order chi connectivity index (χ1) is 14.2. The number of aromatic nitrogens is 3. The molecule has 2 aromatic carbocycles. The normalized spacial score (nSPS) is 13.4. The van der Waals surface area contributed by atoms with Crippen LogP contribution in [0, 0.1) is 0 Å². The van der Waals surface area contributed by atoms with Crippen molar-refractivity contribution in [2.75, 3.05) is 24.9 Å². The van der Waals surface area contributed by atoms with Crippen molar-refractivity contribution in [3.8, 4) is 11.5 Å². The first-order valence-electron chi connectivity index (χ1n) is 9.55. The fourth-order valence-corrected chi connectivity index (χ4v) is 3.33. The van der Waals surface area contributed by atoms with Crippen LogP contribution in [-0.4, -0.2) is 35.2 Å². The van der Waals surface area contributed by atoms with Crippen molar-refractivity contribution >= 4 is 39.3 Å². The van der Waals surface area contributed by atoms with E-state index in [1.54, 1.807) is 20.4 Å². The molecule has 7 heteroatoms. The molecule has 2 aromatic heterocycles. The minimum Gasteiger partial charge on any atom is -0.493 e. The molecule has 1 saturated carbocycles. The van der Waals surface area contributed by atoms with Gasteiger partial charge >= 0.3 is 0 Å². The van der Waals surface area contributed by atoms with Crippen molar-refractivity contribution < 1.29 is 9.47 Å². The van der Waals surface area contributed by atoms with Crippen molar-refractivity contribution in [1.29, 1.82) is 0 Å². The third-order valence-corrected chi connectivity index (χ3v) is 4.98. The van der Waals surface area contributed by atoms with Gasteiger partial charge in [0.05, 0.1) is 25.3 Å². The van der Waals surface area contributed by atoms with Gasteiger partial charge in [0.2, 0.25) is 5.95 Å². The Bertz CT molecular complexity index is 1210. The maximum Gasteiger partial charge on any atom is 0.229 e. The zero-order valence-corrected chi connectivity index (χ0v) is 16.3. The van der Waals surface area contributed by atoms with Gasteiger partial charge in [0.1, 0.15) is 5.82 Å². The molecule has 2 heterocycles. The summed E-state index contributed by atoms with van der Waals surface area (Å²) >= 11 is 0. The second-order valence-electron chi connectivity index (χ2n) is 7.07. The Labute approximate surface area is 168 Å². The van der Waals surface area contributed by atoms with Crippen molar-refractivity contribution in [3.63, 3.8) is 0 Å². The summed E-state index contributed by atoms with van der Waals surface area (Å²) < 4.78 is 10.9. The highest BCUT2D eigenvalue weighted by Crippen LogP contribution is 2.36. The monoisotopic (exact) mass is 387 g/mol. The summed E-state index contributed by atoms with van der Waals surface area (Å²) in [5.41, 5.74) is 2.64. The summed E-state index contributed by atoms with van der Waals surface area (Å²) in [4.78, 5) is 13.8. The third kappa shape index (κ3) is 3.47. The molecule has 7 nitrogen and oxygen atoms in total. The second kappa shape index (κ2) is 7.09. The molecule has 0 atom stereocenters. The maximum atomic E-state index is 5.46. The van der Waals surface area contributed by atoms with E-state index in [-0.39, 0.29) is 0 Å². The Morgan fingerprint density at radius 3 is 2.55 bits per heavy atom. The van der Waals surface area contributed by atoms with Crippen LogP contribution in [0.5, 0.6) is 11.5 Å². The van der Waals surface area contributed by atoms with Crippen molar-refractivity contribution in [2.24, 2.45) is 0 Å². The van der Waals surface area contributed by atoms with E-state index in [0.29, 0.717) is 23.5 Å². The number of pyridine rings is 1. The molecule has 5 rings (SSSR count). The predicted octanol–water partition coefficient (Wildman–Crippen LogP) is 4.51. The summed E-state index contributed by atoms with van der Waals surface area (Å²) in [7, 11) is 3.25. The Balaban J connectivity index is 1.58. The van der Waals surface area contributed by atoms with E-state index in [4.69, 9.17) is 19.4 Å². The highest BCUT2D eigenvalue weighted by Gasteiger charge is 2.23. The van der Waals surface area contributed by atoms with Crippen LogP contribution >= 0.6 is 0 Å². The Hall–Kier alpha value is -3.61. The standard InChI is InChI=1S/C22H21N5O2/c1-28-19-11-16-18(12-20(19)29-2)26-22(27-21(16)24-14-5-6-14)25-15-7-8-17-13(10-15)4-3-9-23-17/h3-4,7-12,14H,5-6H2,1-2H3,(H2,24,25,26,27). The van der Waals surface area contributed by atoms with Crippen LogP contribution in [-0.2, 0) is 0 Å². The number of benzene rings is 2. The van der Waals surface area contributed by atoms with E-state index >= 15 is 0 Å². The first kappa shape index (κ1) is 17.5. The molecule has 0 spiro atoms. The molecule has 4 aromatic rings. The topological polar surface area (TPSA) is 81.2 Å². The van der Waals surface area contributed by atoms with Gasteiger partial charge in [0.25, 0.3) is 0 Å². The van der Waals surface area contributed by atoms with Gasteiger partial charge in [-0.1, -0.05) is 6.07 Å². The van der Waals surface area contributed by atoms with E-state index in [0.717, 1.165) is 46.2 Å². The van der Waals surface area contributed by atoms with Gasteiger partial charge in [-0.05, 0) is 43.2 Å². The Morgan fingerprint density at radius 1 is 0.931 bits per heavy atom. The molecular weight excluding hydrogens is 366 g/mol. The van der Waals surface area contributed by atoms with E-state index in [9.17, 15) is 0 Å². The van der Waals surface area contributed by atoms with Crippen LogP contribution in [0.15, 0.2) is 48.7 Å². The highest BCUT2D eigenvalue weighted by atomic mass is 16.5. The SMILES string of the molecule is COc1cc2nc(Nc3ccc4ncccc4c3)nc(NC3CC3)c2cc1OC. The first-order valence-corrected chi connectivity index (χ1v) is 9.55. The molecule has 0 radical (unpaired) electrons. The quantitative estimate of drug-likeness (QED) is 0.504. The summed E-state index contributed by atoms with van der Waals surface area (Å²) in [5, 5.41) is 8.79. The van der Waals surface area contributed by atoms with Crippen LogP contribution < -0.4 is 20.1 Å². The summed E-state index contributed by atoms with van der Waals surface area (Å²) in [6, 6.07) is 14.2. The Kier molecular flexibility index (Phi) is 4.27. The van der Waals surface area contributed by atoms with Gasteiger partial charge < -0.3 is 20.1 Å². The minimum absolute atomic E-state index is 0.459. The van der Waals surface area contributed by atoms with E-state index in [1.165, 1.54) is 0 Å². The molecule has 29 heavy (non-hydrogen) atoms. The molecule has 1 aliphatic rings. The zero-order chi connectivity index (χ0) is 19.8. The molecule has 146 valence electrons. The summed E-state index contributed by atoms with van der Waals surface area (Å²) in [6.45, 7) is 0. The van der Waals surface area contributed by atoms with E-state index in [1.807, 2.05) is 42.5 Å². The van der Waals surface area contributed by atoms with Crippen molar-refractivity contribution in [2.45, 2.75) is 18.9 Å². The lowest BCUT2D eigenvalue weighted by molar-refractivity contribution is 0.356. The van der Waals surface area contributed by atoms with Gasteiger partial charge in [-0.25, -0.2) is 4.98 Å². The number of nitrogens with zero attached hydrogens (tertiary/aromatic N) is 3. The number of ether oxygens (including phenoxy) is 2. The largest absolute Gasteiger partial charge is 0.493 e. The van der Waals surface area contributed by atoms with Crippen molar-refractivity contribution in [3.05, 3.63) is 48.7 Å². The lowest BCUT2D eigenvalue weighted by atomic mass is 10.2. The fraction of sp³-hybridized carbons (Fsp3) is 0.227. The van der Waals surface area contributed by atoms with Gasteiger partial charge in [-0.3, -0.25) is 4.98 Å². The van der Waals surface area contributed by atoms with Crippen LogP contribution in [0.2, 0.25) is 0 Å². The molecule has 0 unspecified atom stereocenters. The molecule has 2 N–H and O–H groups in total. The third-order valence-electron chi connectivity index (χ3n) is 4.98. The molecule has 0 aliphatic heterocycles. The number of rotatable bonds is 6. The Morgan fingerprint density at radius 2 is 1.76 bits per heavy atom. The van der Waals surface area contributed by atoms with Crippen LogP contribution in [0.3, 0.4) is 0 Å². The van der Waals surface area contributed by atoms with Gasteiger partial charge in [0.15, 0.2) is 11.5 Å². The van der Waals surface area contributed by atoms with E-state index < -0.39 is 0 Å². The second-order valence-corrected chi connectivity index (χ2v) is 7.07. The van der Waals surface area contributed by atoms with E-state index in [2.05, 4.69) is 15.6 Å². The molecule has 1 fully saturated rings. The lowest BCUT2D eigenvalue weighted by Crippen LogP contribution is -2.07. The minimum atomic E-state index is 0.459. The van der Waals surface area contributed by atoms with Gasteiger partial charge in [-0.15, -0.1) is 0 Å². The molecule has 0 saturated heterocycles. The number of anilines is 3. The summed E-state index contributed by atoms with van der Waals surface area (Å²) in [6.07, 6.45) is 4.10. The zero-order valence-electron chi connectivity index (χ0n) is 16.3. The molecular formula is C22H21N5O2. The molecule has 0 amide bonds. The van der Waals surface area contributed by atoms with Gasteiger partial charge in [0, 0.05) is 34.8 Å². The average Bonchev–Trinajstić information content (AvgIpc) is 3.57. The number of hydrogen-bond donors (Lipinski definition) is 2. The van der Waals surface area contributed by atoms with Crippen LogP contribution in [0.25, 0.3) is 21.8 Å². The van der Waals surface area contributed by atoms with Crippen LogP contribution in [0.4, 0.5) is 17.5 Å². The van der Waals surface area contributed by atoms with Gasteiger partial charge in [-0.2, -0.15) is 4.98 Å². The number of fused-ring (bicyclic) bond motifs is 2. The summed E-state index contributed by atoms with van der Waals surface area (Å²) in [5.74, 6) is 2.61. The number of hydrogen-bond acceptors (Lipinski definition) is 7. The number of nitrogens with one attached hydrogen (secondary N) is 2. The van der Waals surface area contributed by atoms with Crippen molar-refractivity contribution in [1.82, 2.24) is 15.0 Å². The average molecular weight is 387 g/mol. The fourth-order valence-electron chi connectivity index (χ4n) is 3.33. The van der Waals surface area contributed by atoms with Crippen LogP contribution in [0.1, 0.15) is 12.8 Å². The molecule has 1 aliphatic carbocycles. The predicted molar refractivity (Wildman–Crippen MR) is 114 cm³/mol.